The average Bonchev–Trinajstić information content (AvgIpc) is 2.39. The average molecular weight is 265 g/mol. The van der Waals surface area contributed by atoms with Crippen molar-refractivity contribution in [1.29, 1.82) is 0 Å². The molecule has 1 atom stereocenters. The second-order valence-corrected chi connectivity index (χ2v) is 4.42. The van der Waals surface area contributed by atoms with Gasteiger partial charge in [0.1, 0.15) is 0 Å². The fourth-order valence-electron chi connectivity index (χ4n) is 1.91. The van der Waals surface area contributed by atoms with Crippen molar-refractivity contribution in [3.63, 3.8) is 0 Å². The number of rotatable bonds is 3. The topological polar surface area (TPSA) is 26.0 Å². The lowest BCUT2D eigenvalue weighted by atomic mass is 9.99. The Kier molecular flexibility index (Phi) is 3.90. The standard InChI is InChI=1S/C15H14F3N/c16-15(17,18)13-8-6-12(7-9-13)14(19)10-11-4-2-1-3-5-11/h1-9,14H,10,19H2. The summed E-state index contributed by atoms with van der Waals surface area (Å²) in [4.78, 5) is 0. The van der Waals surface area contributed by atoms with Gasteiger partial charge in [0.2, 0.25) is 0 Å². The third-order valence-corrected chi connectivity index (χ3v) is 2.96. The van der Waals surface area contributed by atoms with E-state index in [-0.39, 0.29) is 6.04 Å². The highest BCUT2D eigenvalue weighted by Gasteiger charge is 2.30. The van der Waals surface area contributed by atoms with E-state index in [0.717, 1.165) is 17.7 Å². The lowest BCUT2D eigenvalue weighted by Gasteiger charge is -2.13. The van der Waals surface area contributed by atoms with Crippen LogP contribution in [0.5, 0.6) is 0 Å². The van der Waals surface area contributed by atoms with Gasteiger partial charge in [-0.1, -0.05) is 42.5 Å². The van der Waals surface area contributed by atoms with E-state index in [9.17, 15) is 13.2 Å². The van der Waals surface area contributed by atoms with Crippen molar-refractivity contribution in [2.75, 3.05) is 0 Å². The molecule has 0 aliphatic carbocycles. The summed E-state index contributed by atoms with van der Waals surface area (Å²) in [6.45, 7) is 0. The quantitative estimate of drug-likeness (QED) is 0.893. The molecule has 0 saturated carbocycles. The van der Waals surface area contributed by atoms with Crippen LogP contribution in [-0.2, 0) is 12.6 Å². The minimum absolute atomic E-state index is 0.301. The Morgan fingerprint density at radius 3 is 2.00 bits per heavy atom. The van der Waals surface area contributed by atoms with Gasteiger partial charge in [0.05, 0.1) is 5.56 Å². The molecule has 1 unspecified atom stereocenters. The molecule has 4 heteroatoms. The summed E-state index contributed by atoms with van der Waals surface area (Å²) in [7, 11) is 0. The van der Waals surface area contributed by atoms with Gasteiger partial charge in [0.15, 0.2) is 0 Å². The maximum atomic E-state index is 12.4. The monoisotopic (exact) mass is 265 g/mol. The highest BCUT2D eigenvalue weighted by atomic mass is 19.4. The molecule has 2 rings (SSSR count). The SMILES string of the molecule is NC(Cc1ccccc1)c1ccc(C(F)(F)F)cc1. The largest absolute Gasteiger partial charge is 0.416 e. The van der Waals surface area contributed by atoms with Gasteiger partial charge in [-0.25, -0.2) is 0 Å². The molecular weight excluding hydrogens is 251 g/mol. The second-order valence-electron chi connectivity index (χ2n) is 4.42. The maximum absolute atomic E-state index is 12.4. The summed E-state index contributed by atoms with van der Waals surface area (Å²) in [6, 6.07) is 14.3. The van der Waals surface area contributed by atoms with E-state index >= 15 is 0 Å². The molecular formula is C15H14F3N. The van der Waals surface area contributed by atoms with Gasteiger partial charge in [-0.3, -0.25) is 0 Å². The van der Waals surface area contributed by atoms with Crippen LogP contribution in [0.1, 0.15) is 22.7 Å². The number of alkyl halides is 3. The Morgan fingerprint density at radius 2 is 1.47 bits per heavy atom. The van der Waals surface area contributed by atoms with Gasteiger partial charge in [-0.15, -0.1) is 0 Å². The molecule has 2 aromatic carbocycles. The Morgan fingerprint density at radius 1 is 0.895 bits per heavy atom. The van der Waals surface area contributed by atoms with Crippen LogP contribution in [0.25, 0.3) is 0 Å². The van der Waals surface area contributed by atoms with Crippen molar-refractivity contribution in [2.24, 2.45) is 5.73 Å². The van der Waals surface area contributed by atoms with E-state index in [1.807, 2.05) is 30.3 Å². The van der Waals surface area contributed by atoms with Gasteiger partial charge < -0.3 is 5.73 Å². The van der Waals surface area contributed by atoms with E-state index in [2.05, 4.69) is 0 Å². The molecule has 2 aromatic rings. The molecule has 2 N–H and O–H groups in total. The molecule has 0 aromatic heterocycles. The number of nitrogens with two attached hydrogens (primary N) is 1. The van der Waals surface area contributed by atoms with Crippen LogP contribution in [0.2, 0.25) is 0 Å². The summed E-state index contributed by atoms with van der Waals surface area (Å²) in [5.74, 6) is 0. The van der Waals surface area contributed by atoms with Crippen LogP contribution in [-0.4, -0.2) is 0 Å². The van der Waals surface area contributed by atoms with Crippen LogP contribution >= 0.6 is 0 Å². The molecule has 0 spiro atoms. The van der Waals surface area contributed by atoms with Crippen molar-refractivity contribution in [3.05, 3.63) is 71.3 Å². The molecule has 0 saturated heterocycles. The van der Waals surface area contributed by atoms with E-state index in [1.165, 1.54) is 12.1 Å². The number of benzene rings is 2. The third-order valence-electron chi connectivity index (χ3n) is 2.96. The molecule has 100 valence electrons. The third kappa shape index (κ3) is 3.58. The highest BCUT2D eigenvalue weighted by molar-refractivity contribution is 5.28. The zero-order valence-electron chi connectivity index (χ0n) is 10.2. The fourth-order valence-corrected chi connectivity index (χ4v) is 1.91. The normalized spacial score (nSPS) is 13.3. The lowest BCUT2D eigenvalue weighted by molar-refractivity contribution is -0.137. The first-order chi connectivity index (χ1) is 8.97. The van der Waals surface area contributed by atoms with Crippen LogP contribution in [0.4, 0.5) is 13.2 Å². The maximum Gasteiger partial charge on any atom is 0.416 e. The predicted molar refractivity (Wildman–Crippen MR) is 68.5 cm³/mol. The van der Waals surface area contributed by atoms with E-state index in [4.69, 9.17) is 5.73 Å². The Labute approximate surface area is 109 Å². The van der Waals surface area contributed by atoms with Crippen LogP contribution in [0.15, 0.2) is 54.6 Å². The molecule has 1 nitrogen and oxygen atoms in total. The van der Waals surface area contributed by atoms with Gasteiger partial charge in [0, 0.05) is 6.04 Å². The second kappa shape index (κ2) is 5.45. The Hall–Kier alpha value is -1.81. The molecule has 0 aliphatic rings. The van der Waals surface area contributed by atoms with E-state index < -0.39 is 11.7 Å². The summed E-state index contributed by atoms with van der Waals surface area (Å²) < 4.78 is 37.3. The van der Waals surface area contributed by atoms with Crippen LogP contribution in [0.3, 0.4) is 0 Å². The van der Waals surface area contributed by atoms with Gasteiger partial charge >= 0.3 is 6.18 Å². The van der Waals surface area contributed by atoms with Crippen molar-refractivity contribution >= 4 is 0 Å². The highest BCUT2D eigenvalue weighted by Crippen LogP contribution is 2.30. The minimum atomic E-state index is -4.30. The van der Waals surface area contributed by atoms with Gasteiger partial charge in [-0.2, -0.15) is 13.2 Å². The summed E-state index contributed by atoms with van der Waals surface area (Å²) in [5.41, 5.74) is 7.13. The van der Waals surface area contributed by atoms with Crippen molar-refractivity contribution < 1.29 is 13.2 Å². The Bertz CT molecular complexity index is 517. The zero-order chi connectivity index (χ0) is 13.9. The van der Waals surface area contributed by atoms with E-state index in [0.29, 0.717) is 12.0 Å². The first-order valence-corrected chi connectivity index (χ1v) is 5.93. The number of hydrogen-bond donors (Lipinski definition) is 1. The van der Waals surface area contributed by atoms with Crippen molar-refractivity contribution in [1.82, 2.24) is 0 Å². The molecule has 0 amide bonds. The molecule has 0 heterocycles. The van der Waals surface area contributed by atoms with Crippen LogP contribution in [0, 0.1) is 0 Å². The summed E-state index contributed by atoms with van der Waals surface area (Å²) >= 11 is 0. The van der Waals surface area contributed by atoms with Gasteiger partial charge in [0.25, 0.3) is 0 Å². The van der Waals surface area contributed by atoms with Crippen LogP contribution < -0.4 is 5.73 Å². The molecule has 19 heavy (non-hydrogen) atoms. The number of hydrogen-bond acceptors (Lipinski definition) is 1. The molecule has 0 bridgehead atoms. The Balaban J connectivity index is 2.10. The summed E-state index contributed by atoms with van der Waals surface area (Å²) in [6.07, 6.45) is -3.70. The van der Waals surface area contributed by atoms with E-state index in [1.54, 1.807) is 0 Å². The minimum Gasteiger partial charge on any atom is -0.324 e. The molecule has 0 fully saturated rings. The van der Waals surface area contributed by atoms with Crippen molar-refractivity contribution in [2.45, 2.75) is 18.6 Å². The fraction of sp³-hybridized carbons (Fsp3) is 0.200. The smallest absolute Gasteiger partial charge is 0.324 e. The van der Waals surface area contributed by atoms with Crippen molar-refractivity contribution in [3.8, 4) is 0 Å². The number of halogens is 3. The lowest BCUT2D eigenvalue weighted by Crippen LogP contribution is -2.14. The molecule has 0 aliphatic heterocycles. The predicted octanol–water partition coefficient (Wildman–Crippen LogP) is 3.95. The first-order valence-electron chi connectivity index (χ1n) is 5.93. The summed E-state index contributed by atoms with van der Waals surface area (Å²) in [5, 5.41) is 0. The zero-order valence-corrected chi connectivity index (χ0v) is 10.2. The van der Waals surface area contributed by atoms with Gasteiger partial charge in [-0.05, 0) is 29.7 Å². The molecule has 0 radical (unpaired) electrons. The first kappa shape index (κ1) is 13.6.